The summed E-state index contributed by atoms with van der Waals surface area (Å²) in [6.45, 7) is 0. The fourth-order valence-electron chi connectivity index (χ4n) is 2.52. The van der Waals surface area contributed by atoms with Gasteiger partial charge in [0.25, 0.3) is 5.91 Å². The van der Waals surface area contributed by atoms with Crippen LogP contribution in [0.3, 0.4) is 0 Å². The first-order valence-corrected chi connectivity index (χ1v) is 5.49. The van der Waals surface area contributed by atoms with Gasteiger partial charge in [0, 0.05) is 16.8 Å². The number of anilines is 1. The van der Waals surface area contributed by atoms with Crippen molar-refractivity contribution in [1.29, 1.82) is 0 Å². The van der Waals surface area contributed by atoms with Gasteiger partial charge in [-0.1, -0.05) is 23.8 Å². The Morgan fingerprint density at radius 3 is 2.60 bits per heavy atom. The summed E-state index contributed by atoms with van der Waals surface area (Å²) in [5.74, 6) is 0.0908. The van der Waals surface area contributed by atoms with Crippen LogP contribution in [0.25, 0.3) is 5.57 Å². The van der Waals surface area contributed by atoms with Crippen LogP contribution in [0, 0.1) is 0 Å². The van der Waals surface area contributed by atoms with Crippen molar-refractivity contribution >= 4 is 17.2 Å². The highest BCUT2D eigenvalue weighted by Crippen LogP contribution is 2.38. The third-order valence-electron chi connectivity index (χ3n) is 3.23. The molecule has 0 atom stereocenters. The minimum Gasteiger partial charge on any atom is -0.321 e. The number of hydrogen-bond acceptors (Lipinski definition) is 1. The van der Waals surface area contributed by atoms with Gasteiger partial charge in [-0.2, -0.15) is 0 Å². The molecule has 0 spiro atoms. The van der Waals surface area contributed by atoms with Gasteiger partial charge < -0.3 is 5.32 Å². The molecule has 1 saturated carbocycles. The molecule has 2 aliphatic rings. The second kappa shape index (κ2) is 3.23. The van der Waals surface area contributed by atoms with E-state index in [0.29, 0.717) is 0 Å². The van der Waals surface area contributed by atoms with Crippen LogP contribution in [-0.4, -0.2) is 5.91 Å². The zero-order valence-corrected chi connectivity index (χ0v) is 8.55. The van der Waals surface area contributed by atoms with Crippen molar-refractivity contribution in [2.75, 3.05) is 5.32 Å². The van der Waals surface area contributed by atoms with E-state index < -0.39 is 0 Å². The van der Waals surface area contributed by atoms with Gasteiger partial charge in [-0.3, -0.25) is 4.79 Å². The van der Waals surface area contributed by atoms with Crippen LogP contribution in [0.5, 0.6) is 0 Å². The Hall–Kier alpha value is -1.57. The molecule has 1 fully saturated rings. The third kappa shape index (κ3) is 1.29. The fourth-order valence-corrected chi connectivity index (χ4v) is 2.52. The Morgan fingerprint density at radius 1 is 1.07 bits per heavy atom. The molecule has 0 radical (unpaired) electrons. The average molecular weight is 199 g/mol. The maximum Gasteiger partial charge on any atom is 0.256 e. The minimum absolute atomic E-state index is 0.0908. The van der Waals surface area contributed by atoms with E-state index in [1.54, 1.807) is 0 Å². The Bertz CT molecular complexity index is 451. The summed E-state index contributed by atoms with van der Waals surface area (Å²) in [7, 11) is 0. The lowest BCUT2D eigenvalue weighted by molar-refractivity contribution is -0.110. The zero-order valence-electron chi connectivity index (χ0n) is 8.55. The quantitative estimate of drug-likeness (QED) is 0.639. The monoisotopic (exact) mass is 199 g/mol. The predicted octanol–water partition coefficient (Wildman–Crippen LogP) is 2.97. The first-order chi connectivity index (χ1) is 7.36. The van der Waals surface area contributed by atoms with Crippen molar-refractivity contribution in [3.8, 4) is 0 Å². The summed E-state index contributed by atoms with van der Waals surface area (Å²) in [6.07, 6.45) is 4.65. The number of para-hydroxylation sites is 1. The number of carbonyl (C=O) groups excluding carboxylic acids is 1. The average Bonchev–Trinajstić information content (AvgIpc) is 2.82. The molecule has 1 aromatic rings. The van der Waals surface area contributed by atoms with Crippen LogP contribution in [0.15, 0.2) is 29.8 Å². The molecule has 2 nitrogen and oxygen atoms in total. The molecule has 15 heavy (non-hydrogen) atoms. The normalized spacial score (nSPS) is 19.3. The molecule has 1 N–H and O–H groups in total. The molecule has 1 aliphatic carbocycles. The minimum atomic E-state index is 0.0908. The number of carbonyl (C=O) groups is 1. The van der Waals surface area contributed by atoms with Gasteiger partial charge in [-0.15, -0.1) is 0 Å². The number of benzene rings is 1. The number of rotatable bonds is 0. The Kier molecular flexibility index (Phi) is 1.88. The molecule has 1 aromatic carbocycles. The highest BCUT2D eigenvalue weighted by Gasteiger charge is 2.27. The van der Waals surface area contributed by atoms with E-state index in [9.17, 15) is 4.79 Å². The lowest BCUT2D eigenvalue weighted by Crippen LogP contribution is -2.05. The molecule has 2 heteroatoms. The van der Waals surface area contributed by atoms with E-state index in [4.69, 9.17) is 0 Å². The van der Waals surface area contributed by atoms with Crippen LogP contribution < -0.4 is 5.32 Å². The maximum absolute atomic E-state index is 11.8. The van der Waals surface area contributed by atoms with Gasteiger partial charge >= 0.3 is 0 Å². The first kappa shape index (κ1) is 8.72. The van der Waals surface area contributed by atoms with Crippen molar-refractivity contribution < 1.29 is 4.79 Å². The highest BCUT2D eigenvalue weighted by atomic mass is 16.2. The van der Waals surface area contributed by atoms with Gasteiger partial charge in [-0.25, -0.2) is 0 Å². The van der Waals surface area contributed by atoms with Crippen molar-refractivity contribution in [1.82, 2.24) is 0 Å². The van der Waals surface area contributed by atoms with Gasteiger partial charge in [0.1, 0.15) is 0 Å². The molecule has 0 unspecified atom stereocenters. The Morgan fingerprint density at radius 2 is 1.80 bits per heavy atom. The van der Waals surface area contributed by atoms with Crippen LogP contribution in [0.2, 0.25) is 0 Å². The first-order valence-electron chi connectivity index (χ1n) is 5.49. The Balaban J connectivity index is 2.17. The van der Waals surface area contributed by atoms with Crippen LogP contribution >= 0.6 is 0 Å². The Labute approximate surface area is 89.0 Å². The number of hydrogen-bond donors (Lipinski definition) is 1. The van der Waals surface area contributed by atoms with E-state index in [1.165, 1.54) is 18.4 Å². The summed E-state index contributed by atoms with van der Waals surface area (Å²) in [4.78, 5) is 11.8. The number of allylic oxidation sites excluding steroid dienone is 1. The molecular weight excluding hydrogens is 186 g/mol. The summed E-state index contributed by atoms with van der Waals surface area (Å²) in [5, 5.41) is 2.93. The van der Waals surface area contributed by atoms with Crippen molar-refractivity contribution in [2.45, 2.75) is 25.7 Å². The smallest absolute Gasteiger partial charge is 0.256 e. The van der Waals surface area contributed by atoms with E-state index in [-0.39, 0.29) is 5.91 Å². The van der Waals surface area contributed by atoms with Gasteiger partial charge in [0.15, 0.2) is 0 Å². The van der Waals surface area contributed by atoms with Gasteiger partial charge in [-0.05, 0) is 31.7 Å². The number of nitrogens with one attached hydrogen (secondary N) is 1. The maximum atomic E-state index is 11.8. The van der Waals surface area contributed by atoms with E-state index in [2.05, 4.69) is 5.32 Å². The summed E-state index contributed by atoms with van der Waals surface area (Å²) < 4.78 is 0. The number of fused-ring (bicyclic) bond motifs is 1. The fraction of sp³-hybridized carbons (Fsp3) is 0.308. The zero-order chi connectivity index (χ0) is 10.3. The van der Waals surface area contributed by atoms with E-state index >= 15 is 0 Å². The molecule has 0 bridgehead atoms. The summed E-state index contributed by atoms with van der Waals surface area (Å²) >= 11 is 0. The molecule has 1 heterocycles. The molecule has 0 aromatic heterocycles. The standard InChI is InChI=1S/C13H13NO/c15-13-12(9-5-1-2-6-9)10-7-3-4-8-11(10)14-13/h3-4,7-8H,1-2,5-6H2,(H,14,15). The molecular formula is C13H13NO. The second-order valence-electron chi connectivity index (χ2n) is 4.19. The predicted molar refractivity (Wildman–Crippen MR) is 60.5 cm³/mol. The number of amides is 1. The molecule has 1 aliphatic heterocycles. The van der Waals surface area contributed by atoms with E-state index in [0.717, 1.165) is 29.7 Å². The van der Waals surface area contributed by atoms with Gasteiger partial charge in [0.05, 0.1) is 0 Å². The SMILES string of the molecule is O=C1Nc2ccccc2C1=C1CCCC1. The molecule has 1 amide bonds. The van der Waals surface area contributed by atoms with Crippen LogP contribution in [0.1, 0.15) is 31.2 Å². The van der Waals surface area contributed by atoms with Crippen molar-refractivity contribution in [3.63, 3.8) is 0 Å². The second-order valence-corrected chi connectivity index (χ2v) is 4.19. The lowest BCUT2D eigenvalue weighted by Gasteiger charge is -2.01. The van der Waals surface area contributed by atoms with Crippen molar-refractivity contribution in [2.24, 2.45) is 0 Å². The van der Waals surface area contributed by atoms with E-state index in [1.807, 2.05) is 24.3 Å². The lowest BCUT2D eigenvalue weighted by atomic mass is 10.0. The summed E-state index contributed by atoms with van der Waals surface area (Å²) in [6, 6.07) is 7.96. The molecule has 76 valence electrons. The molecule has 0 saturated heterocycles. The third-order valence-corrected chi connectivity index (χ3v) is 3.23. The largest absolute Gasteiger partial charge is 0.321 e. The van der Waals surface area contributed by atoms with Gasteiger partial charge in [0.2, 0.25) is 0 Å². The molecule has 3 rings (SSSR count). The summed E-state index contributed by atoms with van der Waals surface area (Å²) in [5.41, 5.74) is 4.36. The highest BCUT2D eigenvalue weighted by molar-refractivity contribution is 6.32. The van der Waals surface area contributed by atoms with Crippen molar-refractivity contribution in [3.05, 3.63) is 35.4 Å². The van der Waals surface area contributed by atoms with Crippen LogP contribution in [-0.2, 0) is 4.79 Å². The van der Waals surface area contributed by atoms with Crippen LogP contribution in [0.4, 0.5) is 5.69 Å². The topological polar surface area (TPSA) is 29.1 Å².